The molecular weight excluding hydrogens is 363 g/mol. The fourth-order valence-electron chi connectivity index (χ4n) is 3.61. The van der Waals surface area contributed by atoms with Crippen molar-refractivity contribution in [3.63, 3.8) is 0 Å². The van der Waals surface area contributed by atoms with Gasteiger partial charge < -0.3 is 14.6 Å². The van der Waals surface area contributed by atoms with Crippen LogP contribution in [0.1, 0.15) is 17.5 Å². The lowest BCUT2D eigenvalue weighted by molar-refractivity contribution is -0.136. The second-order valence-electron chi connectivity index (χ2n) is 7.13. The SMILES string of the molecule is Bc1cc(-c2ccc(OC)c(C)c2)ccc1-c1ccc(OC)cc1CCC(=O)O. The molecule has 0 bridgehead atoms. The molecule has 0 fully saturated rings. The van der Waals surface area contributed by atoms with Crippen molar-refractivity contribution in [2.24, 2.45) is 0 Å². The molecule has 0 amide bonds. The van der Waals surface area contributed by atoms with Crippen LogP contribution in [0.2, 0.25) is 0 Å². The van der Waals surface area contributed by atoms with Crippen molar-refractivity contribution in [2.75, 3.05) is 14.2 Å². The number of aryl methyl sites for hydroxylation is 2. The monoisotopic (exact) mass is 388 g/mol. The Kier molecular flexibility index (Phi) is 6.27. The van der Waals surface area contributed by atoms with E-state index in [1.807, 2.05) is 31.2 Å². The van der Waals surface area contributed by atoms with Crippen molar-refractivity contribution in [3.8, 4) is 33.8 Å². The minimum atomic E-state index is -0.805. The van der Waals surface area contributed by atoms with Crippen LogP contribution in [0.15, 0.2) is 54.6 Å². The van der Waals surface area contributed by atoms with Gasteiger partial charge in [0, 0.05) is 6.42 Å². The average molecular weight is 388 g/mol. The van der Waals surface area contributed by atoms with Gasteiger partial charge in [-0.3, -0.25) is 4.79 Å². The van der Waals surface area contributed by atoms with Gasteiger partial charge in [-0.25, -0.2) is 0 Å². The van der Waals surface area contributed by atoms with Gasteiger partial charge in [-0.05, 0) is 71.0 Å². The fourth-order valence-corrected chi connectivity index (χ4v) is 3.61. The molecule has 5 heteroatoms. The van der Waals surface area contributed by atoms with Crippen molar-refractivity contribution < 1.29 is 19.4 Å². The van der Waals surface area contributed by atoms with Crippen LogP contribution < -0.4 is 14.9 Å². The molecule has 3 rings (SSSR count). The predicted octanol–water partition coefficient (Wildman–Crippen LogP) is 3.62. The summed E-state index contributed by atoms with van der Waals surface area (Å²) in [6, 6.07) is 18.4. The van der Waals surface area contributed by atoms with Crippen molar-refractivity contribution in [3.05, 3.63) is 65.7 Å². The quantitative estimate of drug-likeness (QED) is 0.629. The van der Waals surface area contributed by atoms with Gasteiger partial charge >= 0.3 is 5.97 Å². The molecule has 0 aromatic heterocycles. The number of ether oxygens (including phenoxy) is 2. The van der Waals surface area contributed by atoms with Gasteiger partial charge in [-0.2, -0.15) is 0 Å². The van der Waals surface area contributed by atoms with Crippen LogP contribution in [0.5, 0.6) is 11.5 Å². The van der Waals surface area contributed by atoms with Crippen LogP contribution in [0, 0.1) is 6.92 Å². The first-order chi connectivity index (χ1) is 13.9. The summed E-state index contributed by atoms with van der Waals surface area (Å²) in [5, 5.41) is 9.10. The van der Waals surface area contributed by atoms with Crippen LogP contribution in [0.25, 0.3) is 22.3 Å². The molecule has 29 heavy (non-hydrogen) atoms. The van der Waals surface area contributed by atoms with E-state index in [9.17, 15) is 4.79 Å². The van der Waals surface area contributed by atoms with Gasteiger partial charge in [0.15, 0.2) is 0 Å². The molecule has 148 valence electrons. The van der Waals surface area contributed by atoms with Gasteiger partial charge in [0.2, 0.25) is 0 Å². The number of methoxy groups -OCH3 is 2. The van der Waals surface area contributed by atoms with E-state index in [-0.39, 0.29) is 6.42 Å². The third kappa shape index (κ3) is 4.62. The lowest BCUT2D eigenvalue weighted by atomic mass is 9.82. The number of carboxylic acid groups (broad SMARTS) is 1. The van der Waals surface area contributed by atoms with E-state index in [0.717, 1.165) is 50.3 Å². The molecule has 1 N–H and O–H groups in total. The Labute approximate surface area is 172 Å². The number of aliphatic carboxylic acids is 1. The zero-order valence-corrected chi connectivity index (χ0v) is 17.3. The second kappa shape index (κ2) is 8.86. The third-order valence-electron chi connectivity index (χ3n) is 5.17. The second-order valence-corrected chi connectivity index (χ2v) is 7.13. The minimum absolute atomic E-state index is 0.0857. The normalized spacial score (nSPS) is 10.6. The Hall–Kier alpha value is -3.21. The maximum atomic E-state index is 11.1. The highest BCUT2D eigenvalue weighted by molar-refractivity contribution is 6.36. The highest BCUT2D eigenvalue weighted by Gasteiger charge is 2.12. The van der Waals surface area contributed by atoms with E-state index < -0.39 is 5.97 Å². The topological polar surface area (TPSA) is 55.8 Å². The molecule has 0 radical (unpaired) electrons. The van der Waals surface area contributed by atoms with E-state index in [1.54, 1.807) is 14.2 Å². The van der Waals surface area contributed by atoms with Crippen LogP contribution in [-0.4, -0.2) is 33.1 Å². The largest absolute Gasteiger partial charge is 0.497 e. The zero-order chi connectivity index (χ0) is 21.0. The fraction of sp³-hybridized carbons (Fsp3) is 0.208. The number of hydrogen-bond donors (Lipinski definition) is 1. The molecular formula is C24H25BO4. The molecule has 4 nitrogen and oxygen atoms in total. The number of carboxylic acids is 1. The molecule has 0 atom stereocenters. The summed E-state index contributed by atoms with van der Waals surface area (Å²) in [7, 11) is 5.38. The highest BCUT2D eigenvalue weighted by Crippen LogP contribution is 2.30. The Morgan fingerprint density at radius 1 is 0.931 bits per heavy atom. The van der Waals surface area contributed by atoms with Crippen LogP contribution in [-0.2, 0) is 11.2 Å². The molecule has 0 saturated heterocycles. The standard InChI is InChI=1S/C24H25BO4/c1-15-12-16(5-10-23(15)29-3)17-4-8-21(22(25)14-17)20-9-7-19(28-2)13-18(20)6-11-24(26)27/h4-5,7-10,12-14H,6,11,25H2,1-3H3,(H,26,27). The third-order valence-corrected chi connectivity index (χ3v) is 5.17. The molecule has 0 saturated carbocycles. The van der Waals surface area contributed by atoms with Crippen molar-refractivity contribution >= 4 is 19.3 Å². The van der Waals surface area contributed by atoms with Gasteiger partial charge in [0.25, 0.3) is 0 Å². The van der Waals surface area contributed by atoms with Crippen LogP contribution in [0.3, 0.4) is 0 Å². The van der Waals surface area contributed by atoms with E-state index in [4.69, 9.17) is 14.6 Å². The van der Waals surface area contributed by atoms with Crippen molar-refractivity contribution in [2.45, 2.75) is 19.8 Å². The van der Waals surface area contributed by atoms with Crippen LogP contribution in [0.4, 0.5) is 0 Å². The van der Waals surface area contributed by atoms with Gasteiger partial charge in [-0.1, -0.05) is 35.8 Å². The van der Waals surface area contributed by atoms with Crippen molar-refractivity contribution in [1.29, 1.82) is 0 Å². The summed E-state index contributed by atoms with van der Waals surface area (Å²) in [5.74, 6) is 0.807. The lowest BCUT2D eigenvalue weighted by Gasteiger charge is -2.15. The number of rotatable bonds is 7. The van der Waals surface area contributed by atoms with E-state index in [0.29, 0.717) is 6.42 Å². The molecule has 0 aliphatic carbocycles. The minimum Gasteiger partial charge on any atom is -0.497 e. The Morgan fingerprint density at radius 3 is 2.24 bits per heavy atom. The summed E-state index contributed by atoms with van der Waals surface area (Å²) in [6.45, 7) is 2.04. The Morgan fingerprint density at radius 2 is 1.62 bits per heavy atom. The molecule has 0 heterocycles. The molecule has 0 aliphatic rings. The van der Waals surface area contributed by atoms with E-state index in [1.165, 1.54) is 0 Å². The molecule has 3 aromatic rings. The summed E-state index contributed by atoms with van der Waals surface area (Å²) in [4.78, 5) is 11.1. The first kappa shape index (κ1) is 20.5. The van der Waals surface area contributed by atoms with E-state index in [2.05, 4.69) is 38.2 Å². The number of benzene rings is 3. The van der Waals surface area contributed by atoms with Crippen LogP contribution >= 0.6 is 0 Å². The summed E-state index contributed by atoms with van der Waals surface area (Å²) >= 11 is 0. The molecule has 0 spiro atoms. The first-order valence-corrected chi connectivity index (χ1v) is 9.57. The molecule has 0 aliphatic heterocycles. The van der Waals surface area contributed by atoms with Crippen molar-refractivity contribution in [1.82, 2.24) is 0 Å². The van der Waals surface area contributed by atoms with Gasteiger partial charge in [0.05, 0.1) is 14.2 Å². The Bertz CT molecular complexity index is 1040. The maximum Gasteiger partial charge on any atom is 0.303 e. The lowest BCUT2D eigenvalue weighted by Crippen LogP contribution is -2.09. The average Bonchev–Trinajstić information content (AvgIpc) is 2.72. The smallest absolute Gasteiger partial charge is 0.303 e. The number of hydrogen-bond acceptors (Lipinski definition) is 3. The maximum absolute atomic E-state index is 11.1. The predicted molar refractivity (Wildman–Crippen MR) is 119 cm³/mol. The zero-order valence-electron chi connectivity index (χ0n) is 17.3. The summed E-state index contributed by atoms with van der Waals surface area (Å²) in [5.41, 5.74) is 7.62. The van der Waals surface area contributed by atoms with Gasteiger partial charge in [0.1, 0.15) is 19.3 Å². The first-order valence-electron chi connectivity index (χ1n) is 9.57. The summed E-state index contributed by atoms with van der Waals surface area (Å²) < 4.78 is 10.7. The van der Waals surface area contributed by atoms with Gasteiger partial charge in [-0.15, -0.1) is 0 Å². The Balaban J connectivity index is 2.00. The molecule has 3 aromatic carbocycles. The van der Waals surface area contributed by atoms with E-state index >= 15 is 0 Å². The molecule has 0 unspecified atom stereocenters. The highest BCUT2D eigenvalue weighted by atomic mass is 16.5. The number of carbonyl (C=O) groups is 1. The summed E-state index contributed by atoms with van der Waals surface area (Å²) in [6.07, 6.45) is 0.545.